The van der Waals surface area contributed by atoms with E-state index in [1.807, 2.05) is 0 Å². The third kappa shape index (κ3) is 3.29. The highest BCUT2D eigenvalue weighted by molar-refractivity contribution is 7.89. The SMILES string of the molecule is O=S(=O)(c1ccc(Cl)c(Cl)c1)N1CCN(C2CCCC2)CC1. The smallest absolute Gasteiger partial charge is 0.243 e. The van der Waals surface area contributed by atoms with Gasteiger partial charge in [0.05, 0.1) is 14.9 Å². The lowest BCUT2D eigenvalue weighted by atomic mass is 10.2. The molecule has 0 amide bonds. The summed E-state index contributed by atoms with van der Waals surface area (Å²) in [5.74, 6) is 0. The van der Waals surface area contributed by atoms with Crippen LogP contribution in [0, 0.1) is 0 Å². The lowest BCUT2D eigenvalue weighted by molar-refractivity contribution is 0.139. The summed E-state index contributed by atoms with van der Waals surface area (Å²) in [6.07, 6.45) is 5.10. The van der Waals surface area contributed by atoms with Gasteiger partial charge in [0.2, 0.25) is 10.0 Å². The maximum absolute atomic E-state index is 12.7. The molecule has 0 bridgehead atoms. The summed E-state index contributed by atoms with van der Waals surface area (Å²) in [5.41, 5.74) is 0. The van der Waals surface area contributed by atoms with Crippen LogP contribution in [0.1, 0.15) is 25.7 Å². The molecule has 0 atom stereocenters. The van der Waals surface area contributed by atoms with Crippen LogP contribution in [0.25, 0.3) is 0 Å². The lowest BCUT2D eigenvalue weighted by Gasteiger charge is -2.37. The Balaban J connectivity index is 1.70. The topological polar surface area (TPSA) is 40.6 Å². The van der Waals surface area contributed by atoms with Crippen LogP contribution in [0.15, 0.2) is 23.1 Å². The van der Waals surface area contributed by atoms with E-state index in [9.17, 15) is 8.42 Å². The molecule has 22 heavy (non-hydrogen) atoms. The summed E-state index contributed by atoms with van der Waals surface area (Å²) >= 11 is 11.8. The second kappa shape index (κ2) is 6.65. The first kappa shape index (κ1) is 16.5. The number of halogens is 2. The van der Waals surface area contributed by atoms with E-state index in [1.54, 1.807) is 4.31 Å². The average molecular weight is 363 g/mol. The molecule has 0 spiro atoms. The molecule has 1 saturated carbocycles. The largest absolute Gasteiger partial charge is 0.298 e. The van der Waals surface area contributed by atoms with Gasteiger partial charge in [-0.25, -0.2) is 8.42 Å². The molecule has 7 heteroatoms. The van der Waals surface area contributed by atoms with E-state index in [-0.39, 0.29) is 9.92 Å². The predicted molar refractivity (Wildman–Crippen MR) is 89.0 cm³/mol. The predicted octanol–water partition coefficient (Wildman–Crippen LogP) is 3.24. The van der Waals surface area contributed by atoms with Gasteiger partial charge in [-0.05, 0) is 31.0 Å². The Morgan fingerprint density at radius 2 is 1.59 bits per heavy atom. The molecule has 2 aliphatic rings. The zero-order valence-corrected chi connectivity index (χ0v) is 14.7. The number of hydrogen-bond acceptors (Lipinski definition) is 3. The first-order chi connectivity index (χ1) is 10.5. The maximum atomic E-state index is 12.7. The van der Waals surface area contributed by atoms with Crippen LogP contribution in [0.2, 0.25) is 10.0 Å². The van der Waals surface area contributed by atoms with Crippen molar-refractivity contribution < 1.29 is 8.42 Å². The first-order valence-electron chi connectivity index (χ1n) is 7.68. The number of sulfonamides is 1. The third-order valence-electron chi connectivity index (χ3n) is 4.64. The van der Waals surface area contributed by atoms with Gasteiger partial charge in [0.25, 0.3) is 0 Å². The minimum absolute atomic E-state index is 0.219. The van der Waals surface area contributed by atoms with Crippen LogP contribution >= 0.6 is 23.2 Å². The molecular weight excluding hydrogens is 343 g/mol. The molecule has 1 aliphatic carbocycles. The number of rotatable bonds is 3. The minimum atomic E-state index is -3.48. The van der Waals surface area contributed by atoms with Crippen LogP contribution < -0.4 is 0 Å². The minimum Gasteiger partial charge on any atom is -0.298 e. The van der Waals surface area contributed by atoms with Gasteiger partial charge in [-0.2, -0.15) is 4.31 Å². The Morgan fingerprint density at radius 3 is 2.18 bits per heavy atom. The zero-order chi connectivity index (χ0) is 15.7. The van der Waals surface area contributed by atoms with Crippen molar-refractivity contribution in [1.29, 1.82) is 0 Å². The Labute approximate surface area is 142 Å². The van der Waals surface area contributed by atoms with Gasteiger partial charge in [-0.1, -0.05) is 36.0 Å². The number of nitrogens with zero attached hydrogens (tertiary/aromatic N) is 2. The summed E-state index contributed by atoms with van der Waals surface area (Å²) < 4.78 is 26.9. The van der Waals surface area contributed by atoms with Crippen LogP contribution in [0.3, 0.4) is 0 Å². The highest BCUT2D eigenvalue weighted by Gasteiger charge is 2.32. The fraction of sp³-hybridized carbons (Fsp3) is 0.600. The van der Waals surface area contributed by atoms with E-state index in [1.165, 1.54) is 43.9 Å². The Kier molecular flexibility index (Phi) is 5.00. The maximum Gasteiger partial charge on any atom is 0.243 e. The van der Waals surface area contributed by atoms with Crippen molar-refractivity contribution in [2.75, 3.05) is 26.2 Å². The molecule has 122 valence electrons. The molecule has 2 fully saturated rings. The van der Waals surface area contributed by atoms with Crippen molar-refractivity contribution >= 4 is 33.2 Å². The Hall–Kier alpha value is -0.330. The number of benzene rings is 1. The highest BCUT2D eigenvalue weighted by atomic mass is 35.5. The quantitative estimate of drug-likeness (QED) is 0.828. The van der Waals surface area contributed by atoms with E-state index in [2.05, 4.69) is 4.90 Å². The lowest BCUT2D eigenvalue weighted by Crippen LogP contribution is -2.51. The summed E-state index contributed by atoms with van der Waals surface area (Å²) in [6.45, 7) is 2.70. The normalized spacial score (nSPS) is 22.3. The fourth-order valence-corrected chi connectivity index (χ4v) is 5.18. The van der Waals surface area contributed by atoms with Crippen LogP contribution in [-0.4, -0.2) is 49.8 Å². The summed E-state index contributed by atoms with van der Waals surface area (Å²) in [4.78, 5) is 2.66. The molecule has 1 aromatic carbocycles. The molecule has 4 nitrogen and oxygen atoms in total. The van der Waals surface area contributed by atoms with Gasteiger partial charge in [0, 0.05) is 32.2 Å². The van der Waals surface area contributed by atoms with E-state index in [0.717, 1.165) is 13.1 Å². The average Bonchev–Trinajstić information content (AvgIpc) is 3.04. The van der Waals surface area contributed by atoms with Crippen molar-refractivity contribution in [3.05, 3.63) is 28.2 Å². The number of hydrogen-bond donors (Lipinski definition) is 0. The van der Waals surface area contributed by atoms with Gasteiger partial charge in [0.1, 0.15) is 0 Å². The van der Waals surface area contributed by atoms with E-state index >= 15 is 0 Å². The molecule has 0 radical (unpaired) electrons. The van der Waals surface area contributed by atoms with Gasteiger partial charge >= 0.3 is 0 Å². The first-order valence-corrected chi connectivity index (χ1v) is 9.87. The van der Waals surface area contributed by atoms with E-state index in [4.69, 9.17) is 23.2 Å². The van der Waals surface area contributed by atoms with Crippen LogP contribution in [-0.2, 0) is 10.0 Å². The van der Waals surface area contributed by atoms with E-state index in [0.29, 0.717) is 24.2 Å². The Morgan fingerprint density at radius 1 is 0.955 bits per heavy atom. The van der Waals surface area contributed by atoms with Gasteiger partial charge in [-0.15, -0.1) is 0 Å². The number of piperazine rings is 1. The summed E-state index contributed by atoms with van der Waals surface area (Å²) in [7, 11) is -3.48. The van der Waals surface area contributed by atoms with Gasteiger partial charge < -0.3 is 0 Å². The molecule has 3 rings (SSSR count). The highest BCUT2D eigenvalue weighted by Crippen LogP contribution is 2.28. The van der Waals surface area contributed by atoms with Crippen molar-refractivity contribution in [3.63, 3.8) is 0 Å². The third-order valence-corrected chi connectivity index (χ3v) is 7.28. The van der Waals surface area contributed by atoms with Gasteiger partial charge in [0.15, 0.2) is 0 Å². The van der Waals surface area contributed by atoms with Gasteiger partial charge in [-0.3, -0.25) is 4.90 Å². The monoisotopic (exact) mass is 362 g/mol. The molecule has 0 unspecified atom stereocenters. The van der Waals surface area contributed by atoms with Crippen LogP contribution in [0.4, 0.5) is 0 Å². The summed E-state index contributed by atoms with van der Waals surface area (Å²) in [6, 6.07) is 5.14. The van der Waals surface area contributed by atoms with Crippen molar-refractivity contribution in [3.8, 4) is 0 Å². The Bertz CT molecular complexity index is 637. The molecule has 0 N–H and O–H groups in total. The zero-order valence-electron chi connectivity index (χ0n) is 12.3. The molecular formula is C15H20Cl2N2O2S. The van der Waals surface area contributed by atoms with Crippen molar-refractivity contribution in [2.24, 2.45) is 0 Å². The standard InChI is InChI=1S/C15H20Cl2N2O2S/c16-14-6-5-13(11-15(14)17)22(20,21)19-9-7-18(8-10-19)12-3-1-2-4-12/h5-6,11-12H,1-4,7-10H2. The van der Waals surface area contributed by atoms with Crippen molar-refractivity contribution in [1.82, 2.24) is 9.21 Å². The van der Waals surface area contributed by atoms with E-state index < -0.39 is 10.0 Å². The molecule has 1 aromatic rings. The molecule has 1 saturated heterocycles. The molecule has 1 heterocycles. The second-order valence-corrected chi connectivity index (χ2v) is 8.71. The van der Waals surface area contributed by atoms with Crippen LogP contribution in [0.5, 0.6) is 0 Å². The second-order valence-electron chi connectivity index (χ2n) is 5.95. The fourth-order valence-electron chi connectivity index (χ4n) is 3.36. The van der Waals surface area contributed by atoms with Crippen molar-refractivity contribution in [2.45, 2.75) is 36.6 Å². The molecule has 1 aliphatic heterocycles. The molecule has 0 aromatic heterocycles. The summed E-state index contributed by atoms with van der Waals surface area (Å²) in [5, 5.41) is 0.638.